The van der Waals surface area contributed by atoms with Gasteiger partial charge in [-0.15, -0.1) is 12.4 Å². The van der Waals surface area contributed by atoms with E-state index in [2.05, 4.69) is 9.71 Å². The van der Waals surface area contributed by atoms with E-state index in [-0.39, 0.29) is 28.7 Å². The van der Waals surface area contributed by atoms with E-state index >= 15 is 0 Å². The zero-order valence-corrected chi connectivity index (χ0v) is 16.3. The van der Waals surface area contributed by atoms with Crippen LogP contribution in [0.4, 0.5) is 5.69 Å². The molecule has 28 heavy (non-hydrogen) atoms. The Morgan fingerprint density at radius 2 is 1.89 bits per heavy atom. The summed E-state index contributed by atoms with van der Waals surface area (Å²) in [5, 5.41) is 8.98. The fourth-order valence-electron chi connectivity index (χ4n) is 2.35. The van der Waals surface area contributed by atoms with E-state index in [1.54, 1.807) is 12.1 Å². The number of carbonyl (C=O) groups is 1. The molecule has 0 aliphatic rings. The van der Waals surface area contributed by atoms with Crippen molar-refractivity contribution in [3.05, 3.63) is 76.8 Å². The summed E-state index contributed by atoms with van der Waals surface area (Å²) in [6.45, 7) is 0. The SMILES string of the molecule is Cl.O=C(O)c1ccc(-c2cccc(NS(=O)(=O)c3cccnc3)c2)n(Cl)c1=O. The molecule has 2 heterocycles. The largest absolute Gasteiger partial charge is 0.477 e. The maximum Gasteiger partial charge on any atom is 0.341 e. The molecule has 0 aliphatic carbocycles. The smallest absolute Gasteiger partial charge is 0.341 e. The minimum Gasteiger partial charge on any atom is -0.477 e. The minimum absolute atomic E-state index is 0. The molecule has 0 saturated carbocycles. The first-order valence-electron chi connectivity index (χ1n) is 7.48. The molecule has 8 nitrogen and oxygen atoms in total. The summed E-state index contributed by atoms with van der Waals surface area (Å²) in [5.74, 6) is -1.39. The Hall–Kier alpha value is -2.88. The normalized spacial score (nSPS) is 10.8. The van der Waals surface area contributed by atoms with Crippen LogP contribution in [0.3, 0.4) is 0 Å². The number of aromatic carboxylic acids is 1. The molecule has 11 heteroatoms. The Balaban J connectivity index is 0.00000280. The first kappa shape index (κ1) is 21.4. The lowest BCUT2D eigenvalue weighted by Gasteiger charge is -2.11. The molecular formula is C17H13Cl2N3O5S. The minimum atomic E-state index is -3.84. The molecule has 3 rings (SSSR count). The van der Waals surface area contributed by atoms with E-state index in [1.165, 1.54) is 42.7 Å². The number of sulfonamides is 1. The lowest BCUT2D eigenvalue weighted by molar-refractivity contribution is 0.0694. The molecule has 0 aliphatic heterocycles. The van der Waals surface area contributed by atoms with Crippen LogP contribution in [0.25, 0.3) is 11.3 Å². The van der Waals surface area contributed by atoms with Gasteiger partial charge in [0, 0.05) is 35.4 Å². The molecule has 0 fully saturated rings. The number of benzene rings is 1. The average Bonchev–Trinajstić information content (AvgIpc) is 2.64. The zero-order chi connectivity index (χ0) is 19.6. The van der Waals surface area contributed by atoms with E-state index in [0.29, 0.717) is 9.65 Å². The van der Waals surface area contributed by atoms with Gasteiger partial charge in [-0.1, -0.05) is 12.1 Å². The third-order valence-electron chi connectivity index (χ3n) is 3.61. The number of carboxylic acids is 1. The van der Waals surface area contributed by atoms with Gasteiger partial charge in [0.1, 0.15) is 10.5 Å². The molecule has 2 aromatic heterocycles. The third kappa shape index (κ3) is 4.33. The number of halogens is 2. The van der Waals surface area contributed by atoms with E-state index in [4.69, 9.17) is 16.9 Å². The highest BCUT2D eigenvalue weighted by Crippen LogP contribution is 2.24. The van der Waals surface area contributed by atoms with Gasteiger partial charge in [0.15, 0.2) is 0 Å². The quantitative estimate of drug-likeness (QED) is 0.628. The van der Waals surface area contributed by atoms with Crippen LogP contribution in [-0.4, -0.2) is 28.6 Å². The molecule has 2 N–H and O–H groups in total. The van der Waals surface area contributed by atoms with Gasteiger partial charge in [0.25, 0.3) is 15.6 Å². The molecule has 0 atom stereocenters. The highest BCUT2D eigenvalue weighted by Gasteiger charge is 2.16. The molecule has 3 aromatic rings. The number of nitrogens with one attached hydrogen (secondary N) is 1. The fraction of sp³-hybridized carbons (Fsp3) is 0. The van der Waals surface area contributed by atoms with Crippen LogP contribution in [-0.2, 0) is 10.0 Å². The van der Waals surface area contributed by atoms with Crippen molar-refractivity contribution >= 4 is 45.9 Å². The molecule has 146 valence electrons. The molecule has 0 bridgehead atoms. The highest BCUT2D eigenvalue weighted by molar-refractivity contribution is 7.92. The summed E-state index contributed by atoms with van der Waals surface area (Å²) >= 11 is 5.95. The topological polar surface area (TPSA) is 118 Å². The number of aromatic nitrogens is 2. The van der Waals surface area contributed by atoms with Gasteiger partial charge in [0.2, 0.25) is 0 Å². The van der Waals surface area contributed by atoms with Crippen LogP contribution in [0.15, 0.2) is 70.6 Å². The van der Waals surface area contributed by atoms with Crippen molar-refractivity contribution in [2.75, 3.05) is 4.72 Å². The van der Waals surface area contributed by atoms with Crippen molar-refractivity contribution < 1.29 is 18.3 Å². The second kappa shape index (κ2) is 8.42. The molecule has 0 radical (unpaired) electrons. The van der Waals surface area contributed by atoms with Crippen molar-refractivity contribution in [3.8, 4) is 11.3 Å². The Labute approximate surface area is 171 Å². The van der Waals surface area contributed by atoms with Gasteiger partial charge in [-0.3, -0.25) is 14.5 Å². The molecule has 0 saturated heterocycles. The lowest BCUT2D eigenvalue weighted by Crippen LogP contribution is -2.22. The second-order valence-electron chi connectivity index (χ2n) is 5.40. The number of carboxylic acid groups (broad SMARTS) is 1. The fourth-order valence-corrected chi connectivity index (χ4v) is 3.61. The summed E-state index contributed by atoms with van der Waals surface area (Å²) < 4.78 is 27.9. The standard InChI is InChI=1S/C17H12ClN3O5S.ClH/c18-21-15(7-6-14(16(21)22)17(23)24)11-3-1-4-12(9-11)20-27(25,26)13-5-2-8-19-10-13;/h1-10,20H,(H,23,24);1H. The Bertz CT molecular complexity index is 1180. The van der Waals surface area contributed by atoms with Crippen LogP contribution >= 0.6 is 24.2 Å². The number of nitrogens with zero attached hydrogens (tertiary/aromatic N) is 2. The number of hydrogen-bond acceptors (Lipinski definition) is 5. The molecule has 0 unspecified atom stereocenters. The van der Waals surface area contributed by atoms with Crippen molar-refractivity contribution in [2.45, 2.75) is 4.90 Å². The van der Waals surface area contributed by atoms with Gasteiger partial charge >= 0.3 is 5.97 Å². The van der Waals surface area contributed by atoms with Gasteiger partial charge < -0.3 is 5.11 Å². The maximum absolute atomic E-state index is 12.4. The Morgan fingerprint density at radius 3 is 2.54 bits per heavy atom. The van der Waals surface area contributed by atoms with E-state index in [0.717, 1.165) is 6.07 Å². The van der Waals surface area contributed by atoms with Crippen LogP contribution in [0.2, 0.25) is 0 Å². The summed E-state index contributed by atoms with van der Waals surface area (Å²) in [4.78, 5) is 26.8. The van der Waals surface area contributed by atoms with Crippen molar-refractivity contribution in [3.63, 3.8) is 0 Å². The van der Waals surface area contributed by atoms with Gasteiger partial charge in [-0.2, -0.15) is 0 Å². The van der Waals surface area contributed by atoms with Crippen LogP contribution in [0.1, 0.15) is 10.4 Å². The lowest BCUT2D eigenvalue weighted by atomic mass is 10.1. The first-order valence-corrected chi connectivity index (χ1v) is 9.30. The zero-order valence-electron chi connectivity index (χ0n) is 13.9. The summed E-state index contributed by atoms with van der Waals surface area (Å²) in [7, 11) is -3.84. The summed E-state index contributed by atoms with van der Waals surface area (Å²) in [5.41, 5.74) is -0.479. The van der Waals surface area contributed by atoms with E-state index in [9.17, 15) is 18.0 Å². The Kier molecular flexibility index (Phi) is 6.45. The number of hydrogen-bond donors (Lipinski definition) is 2. The van der Waals surface area contributed by atoms with Gasteiger partial charge in [-0.25, -0.2) is 17.3 Å². The third-order valence-corrected chi connectivity index (χ3v) is 5.32. The predicted molar refractivity (Wildman–Crippen MR) is 107 cm³/mol. The van der Waals surface area contributed by atoms with E-state index in [1.807, 2.05) is 0 Å². The molecule has 0 spiro atoms. The van der Waals surface area contributed by atoms with Crippen molar-refractivity contribution in [1.82, 2.24) is 9.07 Å². The van der Waals surface area contributed by atoms with Gasteiger partial charge in [0.05, 0.1) is 5.69 Å². The number of rotatable bonds is 5. The van der Waals surface area contributed by atoms with Crippen molar-refractivity contribution in [2.24, 2.45) is 0 Å². The van der Waals surface area contributed by atoms with Crippen LogP contribution in [0, 0.1) is 0 Å². The molecule has 0 amide bonds. The Morgan fingerprint density at radius 1 is 1.14 bits per heavy atom. The number of pyridine rings is 2. The predicted octanol–water partition coefficient (Wildman–Crippen LogP) is 2.83. The molecular weight excluding hydrogens is 429 g/mol. The average molecular weight is 442 g/mol. The van der Waals surface area contributed by atoms with Crippen LogP contribution < -0.4 is 10.3 Å². The first-order chi connectivity index (χ1) is 12.8. The highest BCUT2D eigenvalue weighted by atomic mass is 35.5. The summed E-state index contributed by atoms with van der Waals surface area (Å²) in [6.07, 6.45) is 2.67. The maximum atomic E-state index is 12.4. The van der Waals surface area contributed by atoms with Gasteiger partial charge in [-0.05, 0) is 36.4 Å². The second-order valence-corrected chi connectivity index (χ2v) is 7.42. The van der Waals surface area contributed by atoms with Crippen molar-refractivity contribution in [1.29, 1.82) is 0 Å². The monoisotopic (exact) mass is 441 g/mol. The van der Waals surface area contributed by atoms with Crippen LogP contribution in [0.5, 0.6) is 0 Å². The molecule has 1 aromatic carbocycles. The van der Waals surface area contributed by atoms with E-state index < -0.39 is 27.1 Å². The number of anilines is 1. The summed E-state index contributed by atoms with van der Waals surface area (Å²) in [6, 6.07) is 11.6.